The molecular weight excluding hydrogens is 249 g/mol. The fourth-order valence-electron chi connectivity index (χ4n) is 1.91. The van der Waals surface area contributed by atoms with Crippen LogP contribution in [0.25, 0.3) is 10.8 Å². The molecule has 6 heteroatoms. The quantitative estimate of drug-likeness (QED) is 0.867. The largest absolute Gasteiger partial charge is 0.353 e. The van der Waals surface area contributed by atoms with E-state index in [1.54, 1.807) is 31.2 Å². The van der Waals surface area contributed by atoms with E-state index in [0.29, 0.717) is 16.5 Å². The van der Waals surface area contributed by atoms with E-state index in [4.69, 9.17) is 0 Å². The number of nitrogens with zero attached hydrogens (tertiary/aromatic N) is 1. The minimum atomic E-state index is -0.613. The summed E-state index contributed by atoms with van der Waals surface area (Å²) in [6.07, 6.45) is 0. The number of carbonyl (C=O) groups is 1. The van der Waals surface area contributed by atoms with Gasteiger partial charge in [-0.2, -0.15) is 5.10 Å². The molecule has 19 heavy (non-hydrogen) atoms. The van der Waals surface area contributed by atoms with Gasteiger partial charge < -0.3 is 5.32 Å². The van der Waals surface area contributed by atoms with Crippen molar-refractivity contribution >= 4 is 16.7 Å². The lowest BCUT2D eigenvalue weighted by Crippen LogP contribution is -2.30. The number of hydrogen-bond donors (Lipinski definition) is 2. The summed E-state index contributed by atoms with van der Waals surface area (Å²) in [5.74, 6) is -0.879. The number of alkyl halides is 1. The lowest BCUT2D eigenvalue weighted by atomic mass is 10.0. The van der Waals surface area contributed by atoms with Crippen LogP contribution in [0.4, 0.5) is 4.39 Å². The first-order valence-corrected chi connectivity index (χ1v) is 5.96. The minimum absolute atomic E-state index is 0.0234. The molecular formula is C13H14FN3O2. The molecule has 100 valence electrons. The number of H-pyrrole nitrogens is 1. The van der Waals surface area contributed by atoms with Crippen molar-refractivity contribution in [2.45, 2.75) is 12.8 Å². The first-order valence-electron chi connectivity index (χ1n) is 5.96. The molecule has 1 unspecified atom stereocenters. The van der Waals surface area contributed by atoms with E-state index < -0.39 is 12.6 Å². The zero-order valence-corrected chi connectivity index (χ0v) is 10.4. The van der Waals surface area contributed by atoms with Crippen LogP contribution in [0.15, 0.2) is 29.1 Å². The Hall–Kier alpha value is -2.24. The monoisotopic (exact) mass is 263 g/mol. The lowest BCUT2D eigenvalue weighted by molar-refractivity contribution is -0.122. The van der Waals surface area contributed by atoms with Crippen molar-refractivity contribution in [3.8, 4) is 0 Å². The van der Waals surface area contributed by atoms with Crippen molar-refractivity contribution in [1.82, 2.24) is 15.5 Å². The second-order valence-corrected chi connectivity index (χ2v) is 4.19. The standard InChI is InChI=1S/C13H14FN3O2/c1-8(12(18)15-7-6-14)11-9-4-2-3-5-10(9)13(19)17-16-11/h2-5,8H,6-7H2,1H3,(H,15,18)(H,17,19). The Morgan fingerprint density at radius 2 is 2.11 bits per heavy atom. The van der Waals surface area contributed by atoms with E-state index >= 15 is 0 Å². The van der Waals surface area contributed by atoms with E-state index in [-0.39, 0.29) is 18.0 Å². The van der Waals surface area contributed by atoms with E-state index in [2.05, 4.69) is 15.5 Å². The first kappa shape index (κ1) is 13.2. The molecule has 5 nitrogen and oxygen atoms in total. The maximum Gasteiger partial charge on any atom is 0.272 e. The molecule has 0 fully saturated rings. The van der Waals surface area contributed by atoms with Crippen LogP contribution in [-0.4, -0.2) is 29.3 Å². The maximum atomic E-state index is 12.0. The van der Waals surface area contributed by atoms with Gasteiger partial charge in [-0.3, -0.25) is 9.59 Å². The van der Waals surface area contributed by atoms with Gasteiger partial charge in [0, 0.05) is 11.9 Å². The summed E-state index contributed by atoms with van der Waals surface area (Å²) in [5, 5.41) is 9.90. The molecule has 0 aliphatic rings. The molecule has 0 spiro atoms. The van der Waals surface area contributed by atoms with Gasteiger partial charge in [-0.1, -0.05) is 18.2 Å². The van der Waals surface area contributed by atoms with Gasteiger partial charge in [-0.25, -0.2) is 9.49 Å². The number of aromatic nitrogens is 2. The third-order valence-electron chi connectivity index (χ3n) is 2.92. The molecule has 0 saturated carbocycles. The zero-order valence-electron chi connectivity index (χ0n) is 10.4. The zero-order chi connectivity index (χ0) is 13.8. The third-order valence-corrected chi connectivity index (χ3v) is 2.92. The van der Waals surface area contributed by atoms with E-state index in [1.165, 1.54) is 0 Å². The number of fused-ring (bicyclic) bond motifs is 1. The SMILES string of the molecule is CC(C(=O)NCCF)c1n[nH]c(=O)c2ccccc12. The topological polar surface area (TPSA) is 74.8 Å². The highest BCUT2D eigenvalue weighted by atomic mass is 19.1. The molecule has 1 heterocycles. The van der Waals surface area contributed by atoms with Crippen LogP contribution in [0.3, 0.4) is 0 Å². The third kappa shape index (κ3) is 2.62. The van der Waals surface area contributed by atoms with Crippen LogP contribution in [0, 0.1) is 0 Å². The van der Waals surface area contributed by atoms with Crippen molar-refractivity contribution in [2.24, 2.45) is 0 Å². The van der Waals surface area contributed by atoms with Gasteiger partial charge in [0.1, 0.15) is 6.67 Å². The molecule has 1 atom stereocenters. The molecule has 0 bridgehead atoms. The Bertz CT molecular complexity index is 654. The summed E-state index contributed by atoms with van der Waals surface area (Å²) < 4.78 is 12.0. The molecule has 0 aliphatic heterocycles. The summed E-state index contributed by atoms with van der Waals surface area (Å²) in [5.41, 5.74) is 0.183. The number of aromatic amines is 1. The van der Waals surface area contributed by atoms with Gasteiger partial charge >= 0.3 is 0 Å². The number of halogens is 1. The average Bonchev–Trinajstić information content (AvgIpc) is 2.45. The molecule has 1 aromatic carbocycles. The van der Waals surface area contributed by atoms with Gasteiger partial charge in [0.05, 0.1) is 17.0 Å². The molecule has 2 N–H and O–H groups in total. The Morgan fingerprint density at radius 3 is 2.79 bits per heavy atom. The van der Waals surface area contributed by atoms with Gasteiger partial charge in [0.25, 0.3) is 5.56 Å². The van der Waals surface area contributed by atoms with Crippen LogP contribution in [0.2, 0.25) is 0 Å². The second-order valence-electron chi connectivity index (χ2n) is 4.19. The summed E-state index contributed by atoms with van der Waals surface area (Å²) in [7, 11) is 0. The maximum absolute atomic E-state index is 12.0. The van der Waals surface area contributed by atoms with Gasteiger partial charge in [-0.05, 0) is 13.0 Å². The van der Waals surface area contributed by atoms with Crippen molar-refractivity contribution in [3.05, 3.63) is 40.3 Å². The highest BCUT2D eigenvalue weighted by Gasteiger charge is 2.19. The minimum Gasteiger partial charge on any atom is -0.353 e. The van der Waals surface area contributed by atoms with Crippen LogP contribution in [0.1, 0.15) is 18.5 Å². The van der Waals surface area contributed by atoms with Gasteiger partial charge in [0.2, 0.25) is 5.91 Å². The van der Waals surface area contributed by atoms with Crippen LogP contribution >= 0.6 is 0 Å². The van der Waals surface area contributed by atoms with Crippen molar-refractivity contribution in [1.29, 1.82) is 0 Å². The van der Waals surface area contributed by atoms with Crippen molar-refractivity contribution < 1.29 is 9.18 Å². The molecule has 0 saturated heterocycles. The second kappa shape index (κ2) is 5.60. The number of hydrogen-bond acceptors (Lipinski definition) is 3. The summed E-state index contributed by atoms with van der Waals surface area (Å²) in [6, 6.07) is 6.94. The Morgan fingerprint density at radius 1 is 1.42 bits per heavy atom. The van der Waals surface area contributed by atoms with E-state index in [9.17, 15) is 14.0 Å². The first-order chi connectivity index (χ1) is 9.15. The summed E-state index contributed by atoms with van der Waals surface area (Å²) in [6.45, 7) is 1.03. The predicted octanol–water partition coefficient (Wildman–Crippen LogP) is 1.11. The number of carbonyl (C=O) groups excluding carboxylic acids is 1. The van der Waals surface area contributed by atoms with E-state index in [0.717, 1.165) is 0 Å². The van der Waals surface area contributed by atoms with Crippen molar-refractivity contribution in [2.75, 3.05) is 13.2 Å². The molecule has 0 radical (unpaired) electrons. The fraction of sp³-hybridized carbons (Fsp3) is 0.308. The lowest BCUT2D eigenvalue weighted by Gasteiger charge is -2.12. The average molecular weight is 263 g/mol. The number of amides is 1. The van der Waals surface area contributed by atoms with Crippen molar-refractivity contribution in [3.63, 3.8) is 0 Å². The van der Waals surface area contributed by atoms with E-state index in [1.807, 2.05) is 0 Å². The summed E-state index contributed by atoms with van der Waals surface area (Å²) in [4.78, 5) is 23.4. The fourth-order valence-corrected chi connectivity index (χ4v) is 1.91. The predicted molar refractivity (Wildman–Crippen MR) is 69.8 cm³/mol. The smallest absolute Gasteiger partial charge is 0.272 e. The normalized spacial score (nSPS) is 12.3. The molecule has 0 aliphatic carbocycles. The van der Waals surface area contributed by atoms with Gasteiger partial charge in [-0.15, -0.1) is 0 Å². The highest BCUT2D eigenvalue weighted by molar-refractivity contribution is 5.90. The number of nitrogens with one attached hydrogen (secondary N) is 2. The molecule has 2 rings (SSSR count). The van der Waals surface area contributed by atoms with Crippen LogP contribution < -0.4 is 10.9 Å². The summed E-state index contributed by atoms with van der Waals surface area (Å²) >= 11 is 0. The number of rotatable bonds is 4. The van der Waals surface area contributed by atoms with Crippen LogP contribution in [0.5, 0.6) is 0 Å². The number of benzene rings is 1. The van der Waals surface area contributed by atoms with Crippen LogP contribution in [-0.2, 0) is 4.79 Å². The Labute approximate surface area is 108 Å². The molecule has 2 aromatic rings. The van der Waals surface area contributed by atoms with Gasteiger partial charge in [0.15, 0.2) is 0 Å². The Balaban J connectivity index is 2.43. The highest BCUT2D eigenvalue weighted by Crippen LogP contribution is 2.20. The molecule has 1 amide bonds. The molecule has 1 aromatic heterocycles. The Kier molecular flexibility index (Phi) is 3.89.